The molecule has 0 spiro atoms. The second-order valence-electron chi connectivity index (χ2n) is 17.1. The van der Waals surface area contributed by atoms with E-state index in [1.165, 1.54) is 154 Å². The Balaban J connectivity index is 3.55. The molecule has 0 aromatic heterocycles. The highest BCUT2D eigenvalue weighted by atomic mass is 16.5. The molecular formula is C52H97NO5. The first-order valence-electron chi connectivity index (χ1n) is 25.3. The lowest BCUT2D eigenvalue weighted by Gasteiger charge is -2.20. The highest BCUT2D eigenvalue weighted by molar-refractivity contribution is 5.76. The lowest BCUT2D eigenvalue weighted by Crippen LogP contribution is -2.45. The zero-order valence-electron chi connectivity index (χ0n) is 38.5. The van der Waals surface area contributed by atoms with E-state index in [9.17, 15) is 19.8 Å². The van der Waals surface area contributed by atoms with Crippen molar-refractivity contribution in [3.05, 3.63) is 36.5 Å². The van der Waals surface area contributed by atoms with E-state index in [1.54, 1.807) is 6.08 Å². The van der Waals surface area contributed by atoms with E-state index in [0.717, 1.165) is 77.0 Å². The van der Waals surface area contributed by atoms with Crippen LogP contribution in [-0.4, -0.2) is 47.4 Å². The molecule has 0 heterocycles. The molecule has 0 bridgehead atoms. The highest BCUT2D eigenvalue weighted by Gasteiger charge is 2.18. The van der Waals surface area contributed by atoms with Gasteiger partial charge in [-0.2, -0.15) is 0 Å². The Morgan fingerprint density at radius 2 is 0.810 bits per heavy atom. The number of aliphatic hydroxyl groups excluding tert-OH is 2. The van der Waals surface area contributed by atoms with E-state index < -0.39 is 12.1 Å². The number of unbranched alkanes of at least 4 members (excludes halogenated alkanes) is 31. The van der Waals surface area contributed by atoms with Gasteiger partial charge in [-0.05, 0) is 83.5 Å². The molecule has 0 rings (SSSR count). The van der Waals surface area contributed by atoms with Crippen LogP contribution >= 0.6 is 0 Å². The largest absolute Gasteiger partial charge is 0.466 e. The first kappa shape index (κ1) is 56.1. The second-order valence-corrected chi connectivity index (χ2v) is 17.1. The van der Waals surface area contributed by atoms with Crippen LogP contribution in [-0.2, 0) is 14.3 Å². The van der Waals surface area contributed by atoms with Crippen molar-refractivity contribution in [1.82, 2.24) is 5.32 Å². The van der Waals surface area contributed by atoms with Crippen molar-refractivity contribution in [1.29, 1.82) is 0 Å². The van der Waals surface area contributed by atoms with Gasteiger partial charge in [0.05, 0.1) is 25.4 Å². The van der Waals surface area contributed by atoms with Crippen LogP contribution in [0.15, 0.2) is 36.5 Å². The monoisotopic (exact) mass is 816 g/mol. The van der Waals surface area contributed by atoms with Crippen LogP contribution in [0, 0.1) is 0 Å². The van der Waals surface area contributed by atoms with E-state index in [0.29, 0.717) is 19.4 Å². The number of esters is 1. The fourth-order valence-electron chi connectivity index (χ4n) is 7.44. The molecule has 3 N–H and O–H groups in total. The quantitative estimate of drug-likeness (QED) is 0.0323. The van der Waals surface area contributed by atoms with Gasteiger partial charge in [0.1, 0.15) is 0 Å². The van der Waals surface area contributed by atoms with Crippen LogP contribution in [0.5, 0.6) is 0 Å². The summed E-state index contributed by atoms with van der Waals surface area (Å²) in [5.41, 5.74) is 0. The van der Waals surface area contributed by atoms with E-state index in [4.69, 9.17) is 4.74 Å². The number of nitrogens with one attached hydrogen (secondary N) is 1. The second kappa shape index (κ2) is 47.8. The summed E-state index contributed by atoms with van der Waals surface area (Å²) in [5.74, 6) is -0.147. The van der Waals surface area contributed by atoms with Gasteiger partial charge in [-0.1, -0.05) is 198 Å². The SMILES string of the molecule is CCCCCCCCC/C=C\CCCCCCCCCC(=O)OCCCC/C=C\CCCCCCC(=O)NC(CO)C(O)/C=C/CCCCCCCCCCCCC. The standard InChI is InChI=1S/C52H97NO5/c1-3-5-7-9-11-13-15-17-18-19-20-21-23-25-30-34-38-42-46-52(57)58-47-43-39-35-31-27-26-29-33-37-41-45-51(56)53-49(48-54)50(55)44-40-36-32-28-24-22-16-14-12-10-8-6-4-2/h18-19,27,31,40,44,49-50,54-55H,3-17,20-26,28-30,32-39,41-43,45-48H2,1-2H3,(H,53,56)/b19-18-,31-27-,44-40+. The Morgan fingerprint density at radius 3 is 1.22 bits per heavy atom. The van der Waals surface area contributed by atoms with Crippen molar-refractivity contribution in [2.24, 2.45) is 0 Å². The van der Waals surface area contributed by atoms with E-state index >= 15 is 0 Å². The average molecular weight is 816 g/mol. The minimum Gasteiger partial charge on any atom is -0.466 e. The number of aliphatic hydroxyl groups is 2. The maximum atomic E-state index is 12.4. The first-order chi connectivity index (χ1) is 28.5. The summed E-state index contributed by atoms with van der Waals surface area (Å²) in [6.45, 7) is 4.80. The maximum Gasteiger partial charge on any atom is 0.305 e. The molecular weight excluding hydrogens is 719 g/mol. The minimum absolute atomic E-state index is 0.0421. The summed E-state index contributed by atoms with van der Waals surface area (Å²) in [5, 5.41) is 23.0. The predicted octanol–water partition coefficient (Wildman–Crippen LogP) is 14.9. The molecule has 1 amide bonds. The van der Waals surface area contributed by atoms with Crippen LogP contribution < -0.4 is 5.32 Å². The lowest BCUT2D eigenvalue weighted by molar-refractivity contribution is -0.143. The van der Waals surface area contributed by atoms with Gasteiger partial charge in [0.2, 0.25) is 5.91 Å². The number of amides is 1. The van der Waals surface area contributed by atoms with Crippen LogP contribution in [0.25, 0.3) is 0 Å². The zero-order chi connectivity index (χ0) is 42.3. The summed E-state index contributed by atoms with van der Waals surface area (Å²) in [6, 6.07) is -0.653. The molecule has 0 aromatic rings. The molecule has 340 valence electrons. The molecule has 6 nitrogen and oxygen atoms in total. The molecule has 0 fully saturated rings. The van der Waals surface area contributed by atoms with Gasteiger partial charge >= 0.3 is 5.97 Å². The molecule has 0 saturated heterocycles. The molecule has 6 heteroatoms. The molecule has 58 heavy (non-hydrogen) atoms. The minimum atomic E-state index is -0.865. The fraction of sp³-hybridized carbons (Fsp3) is 0.846. The number of hydrogen-bond acceptors (Lipinski definition) is 5. The molecule has 0 saturated carbocycles. The summed E-state index contributed by atoms with van der Waals surface area (Å²) < 4.78 is 5.44. The van der Waals surface area contributed by atoms with Crippen LogP contribution in [0.3, 0.4) is 0 Å². The average Bonchev–Trinajstić information content (AvgIpc) is 3.22. The molecule has 0 aromatic carbocycles. The summed E-state index contributed by atoms with van der Waals surface area (Å²) in [4.78, 5) is 24.4. The van der Waals surface area contributed by atoms with Crippen LogP contribution in [0.4, 0.5) is 0 Å². The zero-order valence-corrected chi connectivity index (χ0v) is 38.5. The summed E-state index contributed by atoms with van der Waals surface area (Å²) in [6.07, 6.45) is 57.2. The van der Waals surface area contributed by atoms with E-state index in [1.807, 2.05) is 6.08 Å². The Morgan fingerprint density at radius 1 is 0.466 bits per heavy atom. The van der Waals surface area contributed by atoms with Crippen molar-refractivity contribution < 1.29 is 24.5 Å². The van der Waals surface area contributed by atoms with Crippen molar-refractivity contribution in [2.45, 2.75) is 270 Å². The third kappa shape index (κ3) is 43.7. The van der Waals surface area contributed by atoms with Gasteiger partial charge in [0.15, 0.2) is 0 Å². The van der Waals surface area contributed by atoms with Crippen molar-refractivity contribution in [3.63, 3.8) is 0 Å². The van der Waals surface area contributed by atoms with Crippen molar-refractivity contribution in [2.75, 3.05) is 13.2 Å². The highest BCUT2D eigenvalue weighted by Crippen LogP contribution is 2.14. The lowest BCUT2D eigenvalue weighted by atomic mass is 10.0. The molecule has 0 aliphatic heterocycles. The number of rotatable bonds is 46. The Labute approximate surface area is 360 Å². The van der Waals surface area contributed by atoms with E-state index in [-0.39, 0.29) is 18.5 Å². The molecule has 0 aliphatic rings. The Hall–Kier alpha value is -1.92. The third-order valence-corrected chi connectivity index (χ3v) is 11.4. The molecule has 2 atom stereocenters. The molecule has 2 unspecified atom stereocenters. The topological polar surface area (TPSA) is 95.9 Å². The molecule has 0 radical (unpaired) electrons. The van der Waals surface area contributed by atoms with Gasteiger partial charge in [-0.25, -0.2) is 0 Å². The van der Waals surface area contributed by atoms with Gasteiger partial charge in [-0.15, -0.1) is 0 Å². The third-order valence-electron chi connectivity index (χ3n) is 11.4. The number of hydrogen-bond donors (Lipinski definition) is 3. The number of allylic oxidation sites excluding steroid dienone is 5. The van der Waals surface area contributed by atoms with Gasteiger partial charge in [0, 0.05) is 12.8 Å². The number of carbonyl (C=O) groups is 2. The van der Waals surface area contributed by atoms with Crippen molar-refractivity contribution in [3.8, 4) is 0 Å². The van der Waals surface area contributed by atoms with Crippen molar-refractivity contribution >= 4 is 11.9 Å². The van der Waals surface area contributed by atoms with Gasteiger partial charge in [-0.3, -0.25) is 9.59 Å². The smallest absolute Gasteiger partial charge is 0.305 e. The van der Waals surface area contributed by atoms with Gasteiger partial charge < -0.3 is 20.3 Å². The number of carbonyl (C=O) groups excluding carboxylic acids is 2. The van der Waals surface area contributed by atoms with E-state index in [2.05, 4.69) is 43.5 Å². The maximum absolute atomic E-state index is 12.4. The number of ether oxygens (including phenoxy) is 1. The van der Waals surface area contributed by atoms with Crippen LogP contribution in [0.2, 0.25) is 0 Å². The molecule has 0 aliphatic carbocycles. The summed E-state index contributed by atoms with van der Waals surface area (Å²) in [7, 11) is 0. The fourth-order valence-corrected chi connectivity index (χ4v) is 7.44. The Kier molecular flexibility index (Phi) is 46.2. The van der Waals surface area contributed by atoms with Crippen LogP contribution in [0.1, 0.15) is 258 Å². The Bertz CT molecular complexity index is 946. The summed E-state index contributed by atoms with van der Waals surface area (Å²) >= 11 is 0. The normalized spacial score (nSPS) is 13.0. The predicted molar refractivity (Wildman–Crippen MR) is 250 cm³/mol. The van der Waals surface area contributed by atoms with Gasteiger partial charge in [0.25, 0.3) is 0 Å². The first-order valence-corrected chi connectivity index (χ1v) is 25.3.